The summed E-state index contributed by atoms with van der Waals surface area (Å²) < 4.78 is 5.56. The van der Waals surface area contributed by atoms with Crippen LogP contribution in [-0.4, -0.2) is 22.1 Å². The van der Waals surface area contributed by atoms with Gasteiger partial charge in [0.05, 0.1) is 0 Å². The Morgan fingerprint density at radius 2 is 1.60 bits per heavy atom. The zero-order valence-electron chi connectivity index (χ0n) is 11.8. The van der Waals surface area contributed by atoms with Gasteiger partial charge >= 0.3 is 127 Å². The van der Waals surface area contributed by atoms with Crippen LogP contribution < -0.4 is 4.74 Å². The average Bonchev–Trinajstić information content (AvgIpc) is 2.56. The zero-order valence-corrected chi connectivity index (χ0v) is 13.6. The summed E-state index contributed by atoms with van der Waals surface area (Å²) in [6.45, 7) is 0. The van der Waals surface area contributed by atoms with Gasteiger partial charge in [0.1, 0.15) is 0 Å². The van der Waals surface area contributed by atoms with Gasteiger partial charge in [0.15, 0.2) is 0 Å². The van der Waals surface area contributed by atoms with Gasteiger partial charge in [-0.2, -0.15) is 0 Å². The summed E-state index contributed by atoms with van der Waals surface area (Å²) in [5.74, 6) is 0.945. The third kappa shape index (κ3) is 2.51. The van der Waals surface area contributed by atoms with Crippen molar-refractivity contribution in [1.82, 2.24) is 0 Å². The first-order valence-electron chi connectivity index (χ1n) is 7.19. The van der Waals surface area contributed by atoms with Crippen LogP contribution in [0.25, 0.3) is 0 Å². The molecule has 1 unspecified atom stereocenters. The van der Waals surface area contributed by atoms with E-state index >= 15 is 0 Å². The fraction of sp³-hybridized carbons (Fsp3) is 0.333. The topological polar surface area (TPSA) is 9.23 Å². The summed E-state index contributed by atoms with van der Waals surface area (Å²) in [6.07, 6.45) is 4.01. The summed E-state index contributed by atoms with van der Waals surface area (Å²) in [4.78, 5) is 0. The molecule has 1 aliphatic heterocycles. The van der Waals surface area contributed by atoms with E-state index in [4.69, 9.17) is 4.74 Å². The molecular weight excluding hydrogens is 311 g/mol. The van der Waals surface area contributed by atoms with Gasteiger partial charge in [-0.15, -0.1) is 0 Å². The predicted octanol–water partition coefficient (Wildman–Crippen LogP) is 4.25. The molecule has 0 spiro atoms. The Bertz CT molecular complexity index is 541. The van der Waals surface area contributed by atoms with Crippen molar-refractivity contribution in [3.05, 3.63) is 65.7 Å². The van der Waals surface area contributed by atoms with Gasteiger partial charge in [-0.3, -0.25) is 0 Å². The van der Waals surface area contributed by atoms with Crippen LogP contribution in [0.15, 0.2) is 54.6 Å². The predicted molar refractivity (Wildman–Crippen MR) is 84.6 cm³/mol. The Morgan fingerprint density at radius 3 is 2.20 bits per heavy atom. The van der Waals surface area contributed by atoms with Gasteiger partial charge in [-0.1, -0.05) is 0 Å². The number of ether oxygens (including phenoxy) is 1. The van der Waals surface area contributed by atoms with E-state index in [2.05, 4.69) is 54.6 Å². The second-order valence-electron chi connectivity index (χ2n) is 5.23. The quantitative estimate of drug-likeness (QED) is 0.764. The van der Waals surface area contributed by atoms with Crippen LogP contribution >= 0.6 is 0 Å². The number of rotatable bonds is 3. The van der Waals surface area contributed by atoms with E-state index in [9.17, 15) is 0 Å². The first-order chi connectivity index (χ1) is 9.85. The van der Waals surface area contributed by atoms with Crippen LogP contribution in [0.4, 0.5) is 0 Å². The normalized spacial score (nSPS) is 22.4. The SMILES string of the molecule is COc1ccc(C2(c3ccccc3)CCCC[Se]2)cc1. The van der Waals surface area contributed by atoms with Crippen LogP contribution in [0.5, 0.6) is 5.75 Å². The van der Waals surface area contributed by atoms with Gasteiger partial charge in [-0.05, 0) is 0 Å². The summed E-state index contributed by atoms with van der Waals surface area (Å²) >= 11 is 0.626. The molecule has 2 heteroatoms. The zero-order chi connectivity index (χ0) is 13.8. The van der Waals surface area contributed by atoms with Crippen molar-refractivity contribution in [3.63, 3.8) is 0 Å². The van der Waals surface area contributed by atoms with E-state index in [1.807, 2.05) is 0 Å². The molecule has 0 aliphatic carbocycles. The number of hydrogen-bond acceptors (Lipinski definition) is 1. The molecule has 1 fully saturated rings. The molecule has 104 valence electrons. The molecule has 1 atom stereocenters. The summed E-state index contributed by atoms with van der Waals surface area (Å²) in [5, 5.41) is 1.38. The van der Waals surface area contributed by atoms with E-state index in [0.29, 0.717) is 15.0 Å². The molecule has 2 aromatic carbocycles. The molecule has 1 nitrogen and oxygen atoms in total. The van der Waals surface area contributed by atoms with Crippen LogP contribution in [0.1, 0.15) is 30.4 Å². The minimum atomic E-state index is 0.263. The van der Waals surface area contributed by atoms with E-state index in [1.54, 1.807) is 7.11 Å². The van der Waals surface area contributed by atoms with Crippen LogP contribution in [0.2, 0.25) is 5.32 Å². The Morgan fingerprint density at radius 1 is 0.900 bits per heavy atom. The molecule has 1 heterocycles. The standard InChI is InChI=1S/C18H20OSe/c1-19-17-11-9-16(10-12-17)18(13-5-6-14-20-18)15-7-3-2-4-8-15/h2-4,7-12H,5-6,13-14H2,1H3. The van der Waals surface area contributed by atoms with Crippen molar-refractivity contribution in [2.45, 2.75) is 28.9 Å². The molecule has 1 saturated heterocycles. The molecule has 20 heavy (non-hydrogen) atoms. The summed E-state index contributed by atoms with van der Waals surface area (Å²) in [5.41, 5.74) is 2.95. The van der Waals surface area contributed by atoms with E-state index < -0.39 is 0 Å². The first-order valence-corrected chi connectivity index (χ1v) is 9.26. The molecule has 3 rings (SSSR count). The van der Waals surface area contributed by atoms with Gasteiger partial charge in [0.25, 0.3) is 0 Å². The van der Waals surface area contributed by atoms with Crippen molar-refractivity contribution < 1.29 is 4.74 Å². The molecule has 0 amide bonds. The summed E-state index contributed by atoms with van der Waals surface area (Å²) in [7, 11) is 1.73. The van der Waals surface area contributed by atoms with Crippen molar-refractivity contribution in [2.24, 2.45) is 0 Å². The Hall–Kier alpha value is -1.24. The van der Waals surface area contributed by atoms with Crippen LogP contribution in [0, 0.1) is 0 Å². The summed E-state index contributed by atoms with van der Waals surface area (Å²) in [6, 6.07) is 19.8. The van der Waals surface area contributed by atoms with E-state index in [1.165, 1.54) is 35.7 Å². The molecule has 2 aromatic rings. The van der Waals surface area contributed by atoms with Gasteiger partial charge < -0.3 is 0 Å². The molecule has 0 radical (unpaired) electrons. The molecular formula is C18H20OSe. The molecule has 0 aromatic heterocycles. The molecule has 1 aliphatic rings. The fourth-order valence-corrected chi connectivity index (χ4v) is 6.32. The fourth-order valence-electron chi connectivity index (χ4n) is 2.98. The van der Waals surface area contributed by atoms with Crippen molar-refractivity contribution in [2.75, 3.05) is 7.11 Å². The average molecular weight is 331 g/mol. The van der Waals surface area contributed by atoms with Gasteiger partial charge in [0.2, 0.25) is 0 Å². The number of methoxy groups -OCH3 is 1. The molecule has 0 bridgehead atoms. The molecule has 0 N–H and O–H groups in total. The van der Waals surface area contributed by atoms with Crippen molar-refractivity contribution in [3.8, 4) is 5.75 Å². The number of hydrogen-bond donors (Lipinski definition) is 0. The van der Waals surface area contributed by atoms with Crippen molar-refractivity contribution >= 4 is 15.0 Å². The van der Waals surface area contributed by atoms with Crippen molar-refractivity contribution in [1.29, 1.82) is 0 Å². The van der Waals surface area contributed by atoms with Gasteiger partial charge in [-0.25, -0.2) is 0 Å². The maximum absolute atomic E-state index is 5.30. The van der Waals surface area contributed by atoms with Crippen LogP contribution in [-0.2, 0) is 4.31 Å². The monoisotopic (exact) mass is 332 g/mol. The second-order valence-corrected chi connectivity index (χ2v) is 8.15. The third-order valence-electron chi connectivity index (χ3n) is 4.07. The third-order valence-corrected chi connectivity index (χ3v) is 7.55. The van der Waals surface area contributed by atoms with Crippen LogP contribution in [0.3, 0.4) is 0 Å². The number of benzene rings is 2. The first kappa shape index (κ1) is 13.7. The minimum absolute atomic E-state index is 0.263. The Kier molecular flexibility index (Phi) is 4.14. The van der Waals surface area contributed by atoms with E-state index in [0.717, 1.165) is 5.75 Å². The Balaban J connectivity index is 2.05. The van der Waals surface area contributed by atoms with Gasteiger partial charge in [0, 0.05) is 0 Å². The second kappa shape index (κ2) is 6.03. The molecule has 0 saturated carbocycles. The van der Waals surface area contributed by atoms with E-state index in [-0.39, 0.29) is 4.31 Å². The Labute approximate surface area is 127 Å². The maximum atomic E-state index is 5.30.